The number of thiocarbonyl (C=S) groups is 1. The van der Waals surface area contributed by atoms with E-state index < -0.39 is 0 Å². The molecule has 0 heterocycles. The molecule has 0 radical (unpaired) electrons. The van der Waals surface area contributed by atoms with Gasteiger partial charge < -0.3 is 11.1 Å². The first-order valence-corrected chi connectivity index (χ1v) is 6.78. The smallest absolute Gasteiger partial charge is 0.103 e. The van der Waals surface area contributed by atoms with Crippen molar-refractivity contribution < 1.29 is 0 Å². The summed E-state index contributed by atoms with van der Waals surface area (Å²) in [4.78, 5) is 0.427. The van der Waals surface area contributed by atoms with Crippen molar-refractivity contribution >= 4 is 28.6 Å². The van der Waals surface area contributed by atoms with Crippen LogP contribution < -0.4 is 11.1 Å². The van der Waals surface area contributed by atoms with Crippen LogP contribution in [0.4, 0.5) is 11.4 Å². The van der Waals surface area contributed by atoms with Crippen molar-refractivity contribution in [1.82, 2.24) is 0 Å². The molecule has 0 amide bonds. The topological polar surface area (TPSA) is 38.0 Å². The van der Waals surface area contributed by atoms with E-state index >= 15 is 0 Å². The number of nitrogens with one attached hydrogen (secondary N) is 1. The number of aryl methyl sites for hydroxylation is 2. The highest BCUT2D eigenvalue weighted by Gasteiger charge is 2.04. The molecule has 2 nitrogen and oxygen atoms in total. The zero-order valence-electron chi connectivity index (χ0n) is 11.2. The Morgan fingerprint density at radius 1 is 1.16 bits per heavy atom. The second-order valence-corrected chi connectivity index (χ2v) is 4.97. The number of hydrogen-bond donors (Lipinski definition) is 2. The van der Waals surface area contributed by atoms with E-state index in [1.54, 1.807) is 0 Å². The van der Waals surface area contributed by atoms with E-state index in [4.69, 9.17) is 18.0 Å². The van der Waals surface area contributed by atoms with Gasteiger partial charge in [-0.15, -0.1) is 0 Å². The van der Waals surface area contributed by atoms with Crippen LogP contribution in [0.1, 0.15) is 23.6 Å². The molecule has 0 aliphatic carbocycles. The normalized spacial score (nSPS) is 10.2. The maximum Gasteiger partial charge on any atom is 0.103 e. The van der Waals surface area contributed by atoms with E-state index in [0.717, 1.165) is 17.7 Å². The minimum atomic E-state index is 0.427. The average Bonchev–Trinajstić information content (AvgIpc) is 2.41. The molecule has 0 aliphatic heterocycles. The quantitative estimate of drug-likeness (QED) is 0.827. The van der Waals surface area contributed by atoms with Crippen molar-refractivity contribution in [2.24, 2.45) is 5.73 Å². The summed E-state index contributed by atoms with van der Waals surface area (Å²) in [6.07, 6.45) is 1.01. The van der Waals surface area contributed by atoms with Crippen LogP contribution in [0.5, 0.6) is 0 Å². The molecule has 0 bridgehead atoms. The fourth-order valence-corrected chi connectivity index (χ4v) is 2.20. The Bertz CT molecular complexity index is 588. The molecule has 2 aromatic carbocycles. The maximum absolute atomic E-state index is 5.60. The number of rotatable bonds is 4. The van der Waals surface area contributed by atoms with Crippen LogP contribution in [0.3, 0.4) is 0 Å². The van der Waals surface area contributed by atoms with Gasteiger partial charge in [0.25, 0.3) is 0 Å². The van der Waals surface area contributed by atoms with Crippen LogP contribution in [-0.4, -0.2) is 4.99 Å². The van der Waals surface area contributed by atoms with Gasteiger partial charge in [0.05, 0.1) is 0 Å². The summed E-state index contributed by atoms with van der Waals surface area (Å²) in [6, 6.07) is 14.2. The van der Waals surface area contributed by atoms with Gasteiger partial charge in [-0.2, -0.15) is 0 Å². The molecule has 0 spiro atoms. The molecule has 2 rings (SSSR count). The molecular formula is C16H18N2S. The highest BCUT2D eigenvalue weighted by atomic mass is 32.1. The highest BCUT2D eigenvalue weighted by molar-refractivity contribution is 7.80. The summed E-state index contributed by atoms with van der Waals surface area (Å²) in [5.41, 5.74) is 11.3. The highest BCUT2D eigenvalue weighted by Crippen LogP contribution is 2.25. The lowest BCUT2D eigenvalue weighted by Crippen LogP contribution is -2.08. The zero-order chi connectivity index (χ0) is 13.8. The van der Waals surface area contributed by atoms with Crippen molar-refractivity contribution in [3.05, 3.63) is 59.2 Å². The minimum Gasteiger partial charge on any atom is -0.389 e. The van der Waals surface area contributed by atoms with Crippen LogP contribution in [0.15, 0.2) is 42.5 Å². The van der Waals surface area contributed by atoms with Crippen LogP contribution in [-0.2, 0) is 6.42 Å². The first-order valence-electron chi connectivity index (χ1n) is 6.37. The van der Waals surface area contributed by atoms with Gasteiger partial charge in [-0.1, -0.05) is 37.3 Å². The summed E-state index contributed by atoms with van der Waals surface area (Å²) in [7, 11) is 0. The van der Waals surface area contributed by atoms with Crippen molar-refractivity contribution in [3.63, 3.8) is 0 Å². The molecule has 3 heteroatoms. The fraction of sp³-hybridized carbons (Fsp3) is 0.188. The molecule has 0 aromatic heterocycles. The van der Waals surface area contributed by atoms with Crippen LogP contribution >= 0.6 is 12.2 Å². The minimum absolute atomic E-state index is 0.427. The van der Waals surface area contributed by atoms with Gasteiger partial charge >= 0.3 is 0 Å². The molecule has 0 atom stereocenters. The van der Waals surface area contributed by atoms with Crippen molar-refractivity contribution in [2.75, 3.05) is 5.32 Å². The molecule has 0 aliphatic rings. The van der Waals surface area contributed by atoms with E-state index in [1.165, 1.54) is 16.8 Å². The Hall–Kier alpha value is -1.87. The molecule has 0 saturated heterocycles. The van der Waals surface area contributed by atoms with E-state index in [1.807, 2.05) is 24.3 Å². The monoisotopic (exact) mass is 270 g/mol. The fourth-order valence-electron chi connectivity index (χ4n) is 2.06. The van der Waals surface area contributed by atoms with E-state index in [0.29, 0.717) is 4.99 Å². The number of nitrogens with two attached hydrogens (primary N) is 1. The predicted octanol–water partition coefficient (Wildman–Crippen LogP) is 3.94. The van der Waals surface area contributed by atoms with Gasteiger partial charge in [0.2, 0.25) is 0 Å². The van der Waals surface area contributed by atoms with Crippen LogP contribution in [0.25, 0.3) is 0 Å². The van der Waals surface area contributed by atoms with Gasteiger partial charge in [0, 0.05) is 16.9 Å². The molecule has 2 aromatic rings. The molecule has 19 heavy (non-hydrogen) atoms. The van der Waals surface area contributed by atoms with Crippen molar-refractivity contribution in [3.8, 4) is 0 Å². The second kappa shape index (κ2) is 5.85. The summed E-state index contributed by atoms with van der Waals surface area (Å²) in [6.45, 7) is 4.28. The maximum atomic E-state index is 5.60. The Labute approximate surface area is 119 Å². The third kappa shape index (κ3) is 3.12. The summed E-state index contributed by atoms with van der Waals surface area (Å²) >= 11 is 4.95. The third-order valence-electron chi connectivity index (χ3n) is 3.18. The lowest BCUT2D eigenvalue weighted by Gasteiger charge is -2.14. The summed E-state index contributed by atoms with van der Waals surface area (Å²) in [5, 5.41) is 3.47. The lowest BCUT2D eigenvalue weighted by atomic mass is 10.1. The first kappa shape index (κ1) is 13.6. The van der Waals surface area contributed by atoms with Crippen LogP contribution in [0, 0.1) is 6.92 Å². The number of benzene rings is 2. The van der Waals surface area contributed by atoms with E-state index in [9.17, 15) is 0 Å². The first-order chi connectivity index (χ1) is 9.11. The Balaban J connectivity index is 2.28. The Morgan fingerprint density at radius 3 is 2.42 bits per heavy atom. The molecule has 98 valence electrons. The molecule has 0 saturated carbocycles. The SMILES string of the molecule is CCc1cccc(C)c1Nc1ccc(C(N)=S)cc1. The van der Waals surface area contributed by atoms with Crippen molar-refractivity contribution in [1.29, 1.82) is 0 Å². The molecule has 0 fully saturated rings. The molecule has 0 unspecified atom stereocenters. The lowest BCUT2D eigenvalue weighted by molar-refractivity contribution is 1.13. The second-order valence-electron chi connectivity index (χ2n) is 4.53. The summed E-state index contributed by atoms with van der Waals surface area (Å²) < 4.78 is 0. The average molecular weight is 270 g/mol. The predicted molar refractivity (Wildman–Crippen MR) is 86.2 cm³/mol. The van der Waals surface area contributed by atoms with Gasteiger partial charge in [0.1, 0.15) is 4.99 Å². The van der Waals surface area contributed by atoms with Gasteiger partial charge in [0.15, 0.2) is 0 Å². The van der Waals surface area contributed by atoms with E-state index in [2.05, 4.69) is 37.4 Å². The van der Waals surface area contributed by atoms with Crippen molar-refractivity contribution in [2.45, 2.75) is 20.3 Å². The Kier molecular flexibility index (Phi) is 4.17. The number of anilines is 2. The van der Waals surface area contributed by atoms with E-state index in [-0.39, 0.29) is 0 Å². The van der Waals surface area contributed by atoms with Gasteiger partial charge in [-0.05, 0) is 48.7 Å². The number of hydrogen-bond acceptors (Lipinski definition) is 2. The van der Waals surface area contributed by atoms with Gasteiger partial charge in [-0.25, -0.2) is 0 Å². The zero-order valence-corrected chi connectivity index (χ0v) is 12.1. The van der Waals surface area contributed by atoms with Gasteiger partial charge in [-0.3, -0.25) is 0 Å². The Morgan fingerprint density at radius 2 is 1.84 bits per heavy atom. The largest absolute Gasteiger partial charge is 0.389 e. The summed E-state index contributed by atoms with van der Waals surface area (Å²) in [5.74, 6) is 0. The molecule has 3 N–H and O–H groups in total. The molecular weight excluding hydrogens is 252 g/mol. The third-order valence-corrected chi connectivity index (χ3v) is 3.41. The van der Waals surface area contributed by atoms with Crippen LogP contribution in [0.2, 0.25) is 0 Å². The number of para-hydroxylation sites is 1. The standard InChI is InChI=1S/C16H18N2S/c1-3-12-6-4-5-11(2)15(12)18-14-9-7-13(8-10-14)16(17)19/h4-10,18H,3H2,1-2H3,(H2,17,19).